The van der Waals surface area contributed by atoms with Crippen molar-refractivity contribution in [3.05, 3.63) is 47.5 Å². The Morgan fingerprint density at radius 2 is 2.08 bits per heavy atom. The molecular weight excluding hydrogens is 330 g/mol. The summed E-state index contributed by atoms with van der Waals surface area (Å²) in [7, 11) is 0. The molecule has 0 aliphatic carbocycles. The fourth-order valence-corrected chi connectivity index (χ4v) is 3.68. The molecular formula is C19H25N5O2. The fourth-order valence-electron chi connectivity index (χ4n) is 3.68. The summed E-state index contributed by atoms with van der Waals surface area (Å²) in [5, 5.41) is 4.41. The Morgan fingerprint density at radius 3 is 2.85 bits per heavy atom. The normalized spacial score (nSPS) is 21.3. The third-order valence-corrected chi connectivity index (χ3v) is 5.22. The van der Waals surface area contributed by atoms with Crippen molar-refractivity contribution in [2.45, 2.75) is 32.5 Å². The highest BCUT2D eigenvalue weighted by molar-refractivity contribution is 5.92. The van der Waals surface area contributed by atoms with Crippen LogP contribution in [0.15, 0.2) is 30.6 Å². The molecule has 7 heteroatoms. The largest absolute Gasteiger partial charge is 0.379 e. The van der Waals surface area contributed by atoms with Gasteiger partial charge in [0.05, 0.1) is 25.5 Å². The van der Waals surface area contributed by atoms with Crippen molar-refractivity contribution in [1.29, 1.82) is 0 Å². The Balaban J connectivity index is 1.58. The standard InChI is InChI=1S/C19H25N5O2/c1-15-2-3-18(20-12-15)19(25)23-14-17-4-6-21-24(17)7-5-16(23)13-22-8-10-26-11-9-22/h2-4,6,12,16H,5,7-11,13-14H2,1H3. The molecule has 2 aliphatic rings. The number of rotatable bonds is 3. The Kier molecular flexibility index (Phi) is 4.99. The Bertz CT molecular complexity index is 752. The zero-order valence-corrected chi connectivity index (χ0v) is 15.2. The molecule has 26 heavy (non-hydrogen) atoms. The van der Waals surface area contributed by atoms with E-state index in [1.807, 2.05) is 40.9 Å². The van der Waals surface area contributed by atoms with E-state index in [4.69, 9.17) is 4.74 Å². The van der Waals surface area contributed by atoms with E-state index in [9.17, 15) is 4.79 Å². The number of carbonyl (C=O) groups excluding carboxylic acids is 1. The molecule has 0 bridgehead atoms. The average molecular weight is 355 g/mol. The van der Waals surface area contributed by atoms with E-state index in [2.05, 4.69) is 15.0 Å². The Hall–Kier alpha value is -2.25. The molecule has 1 unspecified atom stereocenters. The molecule has 0 aromatic carbocycles. The summed E-state index contributed by atoms with van der Waals surface area (Å²) in [6.07, 6.45) is 4.46. The van der Waals surface area contributed by atoms with Crippen molar-refractivity contribution in [2.75, 3.05) is 32.8 Å². The van der Waals surface area contributed by atoms with E-state index in [1.165, 1.54) is 0 Å². The van der Waals surface area contributed by atoms with Crippen molar-refractivity contribution in [3.8, 4) is 0 Å². The lowest BCUT2D eigenvalue weighted by molar-refractivity contribution is 0.0201. The van der Waals surface area contributed by atoms with E-state index in [1.54, 1.807) is 6.20 Å². The monoisotopic (exact) mass is 355 g/mol. The van der Waals surface area contributed by atoms with Gasteiger partial charge in [-0.05, 0) is 31.0 Å². The summed E-state index contributed by atoms with van der Waals surface area (Å²) in [5.41, 5.74) is 2.64. The molecule has 0 saturated carbocycles. The molecule has 0 radical (unpaired) electrons. The van der Waals surface area contributed by atoms with Crippen LogP contribution in [0.5, 0.6) is 0 Å². The number of carbonyl (C=O) groups is 1. The van der Waals surface area contributed by atoms with Crippen LogP contribution >= 0.6 is 0 Å². The summed E-state index contributed by atoms with van der Waals surface area (Å²) in [5.74, 6) is -0.00194. The smallest absolute Gasteiger partial charge is 0.273 e. The van der Waals surface area contributed by atoms with Crippen LogP contribution in [0.2, 0.25) is 0 Å². The SMILES string of the molecule is Cc1ccc(C(=O)N2Cc3ccnn3CCC2CN2CCOCC2)nc1. The van der Waals surface area contributed by atoms with Gasteiger partial charge in [0.2, 0.25) is 0 Å². The first-order valence-corrected chi connectivity index (χ1v) is 9.25. The zero-order valence-electron chi connectivity index (χ0n) is 15.2. The van der Waals surface area contributed by atoms with E-state index < -0.39 is 0 Å². The number of hydrogen-bond donors (Lipinski definition) is 0. The van der Waals surface area contributed by atoms with Gasteiger partial charge in [-0.25, -0.2) is 0 Å². The minimum absolute atomic E-state index is 0.00194. The number of fused-ring (bicyclic) bond motifs is 1. The van der Waals surface area contributed by atoms with Gasteiger partial charge in [0, 0.05) is 44.6 Å². The molecule has 0 spiro atoms. The molecule has 1 fully saturated rings. The molecule has 0 N–H and O–H groups in total. The van der Waals surface area contributed by atoms with Gasteiger partial charge in [0.15, 0.2) is 0 Å². The van der Waals surface area contributed by atoms with Crippen molar-refractivity contribution < 1.29 is 9.53 Å². The summed E-state index contributed by atoms with van der Waals surface area (Å²) in [4.78, 5) is 22.0. The number of aromatic nitrogens is 3. The van der Waals surface area contributed by atoms with Crippen LogP contribution in [0, 0.1) is 6.92 Å². The maximum absolute atomic E-state index is 13.2. The first kappa shape index (κ1) is 17.2. The van der Waals surface area contributed by atoms with E-state index in [0.717, 1.165) is 57.1 Å². The summed E-state index contributed by atoms with van der Waals surface area (Å²) in [6, 6.07) is 5.91. The Morgan fingerprint density at radius 1 is 1.23 bits per heavy atom. The van der Waals surface area contributed by atoms with Gasteiger partial charge < -0.3 is 9.64 Å². The van der Waals surface area contributed by atoms with Crippen LogP contribution in [-0.2, 0) is 17.8 Å². The van der Waals surface area contributed by atoms with Gasteiger partial charge >= 0.3 is 0 Å². The highest BCUT2D eigenvalue weighted by Crippen LogP contribution is 2.21. The molecule has 7 nitrogen and oxygen atoms in total. The quantitative estimate of drug-likeness (QED) is 0.831. The van der Waals surface area contributed by atoms with Crippen LogP contribution in [0.4, 0.5) is 0 Å². The van der Waals surface area contributed by atoms with Crippen LogP contribution in [0.25, 0.3) is 0 Å². The minimum Gasteiger partial charge on any atom is -0.379 e. The van der Waals surface area contributed by atoms with Crippen LogP contribution < -0.4 is 0 Å². The zero-order chi connectivity index (χ0) is 17.9. The second-order valence-corrected chi connectivity index (χ2v) is 7.06. The highest BCUT2D eigenvalue weighted by atomic mass is 16.5. The molecule has 2 aromatic heterocycles. The number of hydrogen-bond acceptors (Lipinski definition) is 5. The predicted molar refractivity (Wildman–Crippen MR) is 96.7 cm³/mol. The summed E-state index contributed by atoms with van der Waals surface area (Å²) >= 11 is 0. The van der Waals surface area contributed by atoms with Crippen molar-refractivity contribution in [1.82, 2.24) is 24.6 Å². The van der Waals surface area contributed by atoms with Gasteiger partial charge in [-0.15, -0.1) is 0 Å². The maximum Gasteiger partial charge on any atom is 0.273 e. The fraction of sp³-hybridized carbons (Fsp3) is 0.526. The second kappa shape index (κ2) is 7.55. The molecule has 2 aromatic rings. The van der Waals surface area contributed by atoms with E-state index >= 15 is 0 Å². The lowest BCUT2D eigenvalue weighted by atomic mass is 10.1. The number of pyridine rings is 1. The van der Waals surface area contributed by atoms with Crippen LogP contribution in [0.1, 0.15) is 28.2 Å². The van der Waals surface area contributed by atoms with Gasteiger partial charge in [0.1, 0.15) is 5.69 Å². The van der Waals surface area contributed by atoms with E-state index in [-0.39, 0.29) is 11.9 Å². The first-order chi connectivity index (χ1) is 12.7. The van der Waals surface area contributed by atoms with Gasteiger partial charge in [-0.1, -0.05) is 6.07 Å². The van der Waals surface area contributed by atoms with Crippen molar-refractivity contribution in [2.24, 2.45) is 0 Å². The summed E-state index contributed by atoms with van der Waals surface area (Å²) in [6.45, 7) is 7.63. The second-order valence-electron chi connectivity index (χ2n) is 7.06. The number of morpholine rings is 1. The average Bonchev–Trinajstić information content (AvgIpc) is 3.04. The molecule has 1 amide bonds. The first-order valence-electron chi connectivity index (χ1n) is 9.25. The van der Waals surface area contributed by atoms with Crippen molar-refractivity contribution in [3.63, 3.8) is 0 Å². The molecule has 1 atom stereocenters. The number of amides is 1. The van der Waals surface area contributed by atoms with Gasteiger partial charge in [-0.2, -0.15) is 5.10 Å². The number of nitrogens with zero attached hydrogens (tertiary/aromatic N) is 5. The Labute approximate surface area is 153 Å². The lowest BCUT2D eigenvalue weighted by Gasteiger charge is -2.35. The molecule has 138 valence electrons. The number of aryl methyl sites for hydroxylation is 2. The lowest BCUT2D eigenvalue weighted by Crippen LogP contribution is -2.49. The predicted octanol–water partition coefficient (Wildman–Crippen LogP) is 1.33. The van der Waals surface area contributed by atoms with Gasteiger partial charge in [-0.3, -0.25) is 19.4 Å². The maximum atomic E-state index is 13.2. The van der Waals surface area contributed by atoms with Crippen LogP contribution in [0.3, 0.4) is 0 Å². The summed E-state index contributed by atoms with van der Waals surface area (Å²) < 4.78 is 7.48. The molecule has 2 aliphatic heterocycles. The number of ether oxygens (including phenoxy) is 1. The minimum atomic E-state index is -0.00194. The van der Waals surface area contributed by atoms with Crippen LogP contribution in [-0.4, -0.2) is 69.4 Å². The van der Waals surface area contributed by atoms with Gasteiger partial charge in [0.25, 0.3) is 5.91 Å². The van der Waals surface area contributed by atoms with E-state index in [0.29, 0.717) is 12.2 Å². The molecule has 4 rings (SSSR count). The van der Waals surface area contributed by atoms with Crippen molar-refractivity contribution >= 4 is 5.91 Å². The third-order valence-electron chi connectivity index (χ3n) is 5.22. The topological polar surface area (TPSA) is 63.5 Å². The molecule has 1 saturated heterocycles. The highest BCUT2D eigenvalue weighted by Gasteiger charge is 2.31. The molecule has 4 heterocycles. The third kappa shape index (κ3) is 3.64.